The Labute approximate surface area is 153 Å². The number of halogens is 1. The molecule has 1 aromatic heterocycles. The maximum absolute atomic E-state index is 12.4. The topological polar surface area (TPSA) is 76.4 Å². The molecule has 0 spiro atoms. The first kappa shape index (κ1) is 17.0. The number of hydrogen-bond donors (Lipinski definition) is 2. The van der Waals surface area contributed by atoms with Gasteiger partial charge in [-0.2, -0.15) is 0 Å². The lowest BCUT2D eigenvalue weighted by Gasteiger charge is -2.11. The molecule has 0 fully saturated rings. The summed E-state index contributed by atoms with van der Waals surface area (Å²) in [5.74, 6) is 1.17. The molecular formula is C18H16BrN3O3. The van der Waals surface area contributed by atoms with E-state index in [0.29, 0.717) is 28.6 Å². The lowest BCUT2D eigenvalue weighted by atomic mass is 10.1. The van der Waals surface area contributed by atoms with Crippen LogP contribution in [-0.4, -0.2) is 18.3 Å². The minimum atomic E-state index is -0.405. The van der Waals surface area contributed by atoms with Gasteiger partial charge in [-0.25, -0.2) is 4.79 Å². The third-order valence-electron chi connectivity index (χ3n) is 3.57. The third kappa shape index (κ3) is 3.83. The van der Waals surface area contributed by atoms with Crippen LogP contribution < -0.4 is 15.4 Å². The highest BCUT2D eigenvalue weighted by Gasteiger charge is 2.17. The van der Waals surface area contributed by atoms with E-state index in [0.717, 1.165) is 10.0 Å². The second-order valence-electron chi connectivity index (χ2n) is 5.25. The Morgan fingerprint density at radius 2 is 1.92 bits per heavy atom. The number of benzene rings is 2. The fourth-order valence-corrected chi connectivity index (χ4v) is 2.65. The number of rotatable bonds is 4. The van der Waals surface area contributed by atoms with Crippen LogP contribution in [0.25, 0.3) is 11.3 Å². The molecule has 128 valence electrons. The van der Waals surface area contributed by atoms with Gasteiger partial charge in [0.05, 0.1) is 12.8 Å². The Kier molecular flexibility index (Phi) is 5.04. The molecule has 0 aliphatic carbocycles. The standard InChI is InChI=1S/C18H16BrN3O3/c1-11-16(17(22-25-11)12-6-4-3-5-7-12)21-18(23)20-15-10-13(24-2)8-9-14(15)19/h3-10H,1-2H3,(H2,20,21,23). The van der Waals surface area contributed by atoms with Crippen molar-refractivity contribution in [1.82, 2.24) is 5.16 Å². The van der Waals surface area contributed by atoms with Gasteiger partial charge >= 0.3 is 6.03 Å². The van der Waals surface area contributed by atoms with Crippen molar-refractivity contribution in [3.05, 3.63) is 58.8 Å². The van der Waals surface area contributed by atoms with Gasteiger partial charge in [0.25, 0.3) is 0 Å². The highest BCUT2D eigenvalue weighted by Crippen LogP contribution is 2.31. The molecule has 6 nitrogen and oxygen atoms in total. The molecule has 0 bridgehead atoms. The van der Waals surface area contributed by atoms with E-state index in [9.17, 15) is 4.79 Å². The Hall–Kier alpha value is -2.80. The zero-order valence-corrected chi connectivity index (χ0v) is 15.3. The molecule has 3 aromatic rings. The summed E-state index contributed by atoms with van der Waals surface area (Å²) in [5, 5.41) is 9.63. The first-order chi connectivity index (χ1) is 12.1. The zero-order chi connectivity index (χ0) is 17.8. The molecule has 2 N–H and O–H groups in total. The number of anilines is 2. The van der Waals surface area contributed by atoms with Crippen molar-refractivity contribution < 1.29 is 14.1 Å². The van der Waals surface area contributed by atoms with E-state index in [2.05, 4.69) is 31.7 Å². The summed E-state index contributed by atoms with van der Waals surface area (Å²) in [7, 11) is 1.57. The van der Waals surface area contributed by atoms with E-state index >= 15 is 0 Å². The summed E-state index contributed by atoms with van der Waals surface area (Å²) in [5.41, 5.74) is 2.56. The molecule has 0 aliphatic rings. The molecule has 0 saturated heterocycles. The van der Waals surface area contributed by atoms with Crippen molar-refractivity contribution in [1.29, 1.82) is 0 Å². The number of aryl methyl sites for hydroxylation is 1. The number of ether oxygens (including phenoxy) is 1. The molecule has 0 aliphatic heterocycles. The Bertz CT molecular complexity index is 894. The first-order valence-electron chi connectivity index (χ1n) is 7.51. The quantitative estimate of drug-likeness (QED) is 0.639. The molecular weight excluding hydrogens is 386 g/mol. The number of nitrogens with zero attached hydrogens (tertiary/aromatic N) is 1. The average molecular weight is 402 g/mol. The van der Waals surface area contributed by atoms with Crippen molar-refractivity contribution in [3.8, 4) is 17.0 Å². The third-order valence-corrected chi connectivity index (χ3v) is 4.26. The Morgan fingerprint density at radius 3 is 2.64 bits per heavy atom. The number of nitrogens with one attached hydrogen (secondary N) is 2. The molecule has 0 radical (unpaired) electrons. The maximum Gasteiger partial charge on any atom is 0.323 e. The van der Waals surface area contributed by atoms with Crippen LogP contribution in [-0.2, 0) is 0 Å². The molecule has 2 amide bonds. The summed E-state index contributed by atoms with van der Waals surface area (Å²) in [6, 6.07) is 14.4. The van der Waals surface area contributed by atoms with Gasteiger partial charge in [-0.05, 0) is 35.0 Å². The number of carbonyl (C=O) groups excluding carboxylic acids is 1. The van der Waals surface area contributed by atoms with Crippen LogP contribution in [0.3, 0.4) is 0 Å². The van der Waals surface area contributed by atoms with Crippen molar-refractivity contribution in [2.45, 2.75) is 6.92 Å². The molecule has 0 unspecified atom stereocenters. The normalized spacial score (nSPS) is 10.4. The van der Waals surface area contributed by atoms with Gasteiger partial charge in [-0.1, -0.05) is 35.5 Å². The predicted octanol–water partition coefficient (Wildman–Crippen LogP) is 5.07. The van der Waals surface area contributed by atoms with Crippen molar-refractivity contribution in [2.75, 3.05) is 17.7 Å². The lowest BCUT2D eigenvalue weighted by Crippen LogP contribution is -2.20. The fraction of sp³-hybridized carbons (Fsp3) is 0.111. The van der Waals surface area contributed by atoms with Gasteiger partial charge in [-0.15, -0.1) is 0 Å². The number of urea groups is 1. The van der Waals surface area contributed by atoms with E-state index in [1.165, 1.54) is 0 Å². The largest absolute Gasteiger partial charge is 0.497 e. The van der Waals surface area contributed by atoms with E-state index in [1.54, 1.807) is 32.2 Å². The Morgan fingerprint density at radius 1 is 1.16 bits per heavy atom. The van der Waals surface area contributed by atoms with Crippen LogP contribution in [0.2, 0.25) is 0 Å². The smallest absolute Gasteiger partial charge is 0.323 e. The van der Waals surface area contributed by atoms with Crippen LogP contribution in [0.1, 0.15) is 5.76 Å². The summed E-state index contributed by atoms with van der Waals surface area (Å²) < 4.78 is 11.2. The second-order valence-corrected chi connectivity index (χ2v) is 6.11. The van der Waals surface area contributed by atoms with Crippen LogP contribution in [0.15, 0.2) is 57.5 Å². The minimum Gasteiger partial charge on any atom is -0.497 e. The van der Waals surface area contributed by atoms with E-state index < -0.39 is 6.03 Å². The molecule has 2 aromatic carbocycles. The average Bonchev–Trinajstić information content (AvgIpc) is 2.98. The van der Waals surface area contributed by atoms with Crippen LogP contribution >= 0.6 is 15.9 Å². The van der Waals surface area contributed by atoms with Gasteiger partial charge < -0.3 is 19.9 Å². The number of amides is 2. The first-order valence-corrected chi connectivity index (χ1v) is 8.31. The summed E-state index contributed by atoms with van der Waals surface area (Å²) >= 11 is 3.40. The lowest BCUT2D eigenvalue weighted by molar-refractivity contribution is 0.262. The molecule has 25 heavy (non-hydrogen) atoms. The van der Waals surface area contributed by atoms with E-state index in [-0.39, 0.29) is 0 Å². The molecule has 0 saturated carbocycles. The predicted molar refractivity (Wildman–Crippen MR) is 100 cm³/mol. The van der Waals surface area contributed by atoms with Gasteiger partial charge in [0.1, 0.15) is 17.1 Å². The van der Waals surface area contributed by atoms with Crippen LogP contribution in [0.4, 0.5) is 16.2 Å². The molecule has 7 heteroatoms. The zero-order valence-electron chi connectivity index (χ0n) is 13.7. The number of methoxy groups -OCH3 is 1. The highest BCUT2D eigenvalue weighted by molar-refractivity contribution is 9.10. The van der Waals surface area contributed by atoms with E-state index in [1.807, 2.05) is 30.3 Å². The Balaban J connectivity index is 1.82. The number of aromatic nitrogens is 1. The van der Waals surface area contributed by atoms with Crippen molar-refractivity contribution in [3.63, 3.8) is 0 Å². The molecule has 1 heterocycles. The monoisotopic (exact) mass is 401 g/mol. The minimum absolute atomic E-state index is 0.405. The van der Waals surface area contributed by atoms with E-state index in [4.69, 9.17) is 9.26 Å². The van der Waals surface area contributed by atoms with Crippen molar-refractivity contribution in [2.24, 2.45) is 0 Å². The number of hydrogen-bond acceptors (Lipinski definition) is 4. The second kappa shape index (κ2) is 7.40. The summed E-state index contributed by atoms with van der Waals surface area (Å²) in [6.07, 6.45) is 0. The summed E-state index contributed by atoms with van der Waals surface area (Å²) in [6.45, 7) is 1.75. The SMILES string of the molecule is COc1ccc(Br)c(NC(=O)Nc2c(-c3ccccc3)noc2C)c1. The van der Waals surface area contributed by atoms with Gasteiger partial charge in [0.2, 0.25) is 0 Å². The number of carbonyl (C=O) groups is 1. The molecule has 3 rings (SSSR count). The summed E-state index contributed by atoms with van der Waals surface area (Å²) in [4.78, 5) is 12.4. The van der Waals surface area contributed by atoms with Gasteiger partial charge in [-0.3, -0.25) is 0 Å². The van der Waals surface area contributed by atoms with Crippen molar-refractivity contribution >= 4 is 33.3 Å². The van der Waals surface area contributed by atoms with Crippen LogP contribution in [0.5, 0.6) is 5.75 Å². The molecule has 0 atom stereocenters. The van der Waals surface area contributed by atoms with Gasteiger partial charge in [0.15, 0.2) is 5.76 Å². The fourth-order valence-electron chi connectivity index (χ4n) is 2.31. The maximum atomic E-state index is 12.4. The van der Waals surface area contributed by atoms with Crippen LogP contribution in [0, 0.1) is 6.92 Å². The van der Waals surface area contributed by atoms with Gasteiger partial charge in [0, 0.05) is 16.1 Å². The highest BCUT2D eigenvalue weighted by atomic mass is 79.9.